The number of aromatic nitrogens is 5. The van der Waals surface area contributed by atoms with E-state index in [1.54, 1.807) is 11.4 Å². The normalized spacial score (nSPS) is 11.5. The van der Waals surface area contributed by atoms with Crippen molar-refractivity contribution in [3.63, 3.8) is 0 Å². The molecule has 5 rings (SSSR count). The molecule has 4 aromatic heterocycles. The van der Waals surface area contributed by atoms with Crippen LogP contribution in [0, 0.1) is 6.92 Å². The first-order valence-corrected chi connectivity index (χ1v) is 10.2. The van der Waals surface area contributed by atoms with Gasteiger partial charge in [0.2, 0.25) is 0 Å². The minimum Gasteiger partial charge on any atom is -0.294 e. The van der Waals surface area contributed by atoms with Crippen LogP contribution in [-0.2, 0) is 0 Å². The predicted octanol–water partition coefficient (Wildman–Crippen LogP) is 3.93. The van der Waals surface area contributed by atoms with E-state index < -0.39 is 0 Å². The molecule has 0 fully saturated rings. The van der Waals surface area contributed by atoms with Crippen molar-refractivity contribution < 1.29 is 4.79 Å². The van der Waals surface area contributed by atoms with Crippen LogP contribution in [0.4, 0.5) is 0 Å². The van der Waals surface area contributed by atoms with Crippen LogP contribution in [0.15, 0.2) is 40.5 Å². The van der Waals surface area contributed by atoms with Gasteiger partial charge in [0.15, 0.2) is 17.1 Å². The van der Waals surface area contributed by atoms with Gasteiger partial charge in [-0.25, -0.2) is 14.7 Å². The Hall–Kier alpha value is -3.17. The number of benzene rings is 1. The van der Waals surface area contributed by atoms with Crippen LogP contribution < -0.4 is 5.56 Å². The van der Waals surface area contributed by atoms with E-state index in [9.17, 15) is 9.59 Å². The SMILES string of the molecule is CC(=O)c1sc2c(c1C)c(=O)nc1c(-c3nc(-c4ccccc4)cs3)n[nH]n12. The van der Waals surface area contributed by atoms with Gasteiger partial charge in [0.05, 0.1) is 16.0 Å². The van der Waals surface area contributed by atoms with Gasteiger partial charge in [0.25, 0.3) is 5.56 Å². The molecule has 9 heteroatoms. The third kappa shape index (κ3) is 2.44. The molecule has 0 aliphatic carbocycles. The summed E-state index contributed by atoms with van der Waals surface area (Å²) in [4.78, 5) is 34.7. The summed E-state index contributed by atoms with van der Waals surface area (Å²) in [6.45, 7) is 3.27. The summed E-state index contributed by atoms with van der Waals surface area (Å²) in [6, 6.07) is 9.86. The molecule has 1 N–H and O–H groups in total. The molecule has 0 radical (unpaired) electrons. The average molecular weight is 407 g/mol. The lowest BCUT2D eigenvalue weighted by Gasteiger charge is -1.96. The number of hydrogen-bond acceptors (Lipinski definition) is 7. The maximum Gasteiger partial charge on any atom is 0.282 e. The minimum absolute atomic E-state index is 0.0704. The van der Waals surface area contributed by atoms with E-state index in [-0.39, 0.29) is 11.3 Å². The van der Waals surface area contributed by atoms with E-state index in [1.807, 2.05) is 35.7 Å². The highest BCUT2D eigenvalue weighted by Crippen LogP contribution is 2.32. The fourth-order valence-electron chi connectivity index (χ4n) is 3.21. The summed E-state index contributed by atoms with van der Waals surface area (Å²) in [7, 11) is 0. The number of ketones is 1. The van der Waals surface area contributed by atoms with Gasteiger partial charge < -0.3 is 0 Å². The molecule has 7 nitrogen and oxygen atoms in total. The second-order valence-corrected chi connectivity index (χ2v) is 8.19. The number of rotatable bonds is 3. The number of Topliss-reactive ketones (excluding diaryl/α,β-unsaturated/α-hetero) is 1. The summed E-state index contributed by atoms with van der Waals surface area (Å²) < 4.78 is 1.65. The highest BCUT2D eigenvalue weighted by molar-refractivity contribution is 7.20. The maximum atomic E-state index is 12.7. The van der Waals surface area contributed by atoms with Crippen LogP contribution in [0.1, 0.15) is 22.2 Å². The Morgan fingerprint density at radius 2 is 1.96 bits per heavy atom. The Balaban J connectivity index is 1.72. The molecule has 138 valence electrons. The number of carbonyl (C=O) groups excluding carboxylic acids is 1. The Bertz CT molecular complexity index is 1430. The van der Waals surface area contributed by atoms with Crippen molar-refractivity contribution in [2.24, 2.45) is 0 Å². The number of aromatic amines is 1. The number of hydrogen-bond donors (Lipinski definition) is 1. The van der Waals surface area contributed by atoms with Gasteiger partial charge in [0, 0.05) is 10.9 Å². The molecule has 0 aliphatic rings. The van der Waals surface area contributed by atoms with Crippen LogP contribution in [0.25, 0.3) is 37.8 Å². The largest absolute Gasteiger partial charge is 0.294 e. The number of nitrogens with zero attached hydrogens (tertiary/aromatic N) is 4. The first-order valence-electron chi connectivity index (χ1n) is 8.47. The monoisotopic (exact) mass is 407 g/mol. The van der Waals surface area contributed by atoms with E-state index in [4.69, 9.17) is 0 Å². The molecule has 0 unspecified atom stereocenters. The van der Waals surface area contributed by atoms with E-state index in [0.717, 1.165) is 11.3 Å². The quantitative estimate of drug-likeness (QED) is 0.457. The molecule has 5 aromatic rings. The molecule has 1 aromatic carbocycles. The maximum absolute atomic E-state index is 12.7. The number of carbonyl (C=O) groups is 1. The minimum atomic E-state index is -0.362. The van der Waals surface area contributed by atoms with E-state index in [1.165, 1.54) is 29.6 Å². The van der Waals surface area contributed by atoms with Crippen molar-refractivity contribution in [1.29, 1.82) is 0 Å². The molecule has 0 saturated carbocycles. The molecule has 0 saturated heterocycles. The second kappa shape index (κ2) is 6.18. The molecular weight excluding hydrogens is 394 g/mol. The lowest BCUT2D eigenvalue weighted by Crippen LogP contribution is -2.09. The van der Waals surface area contributed by atoms with Gasteiger partial charge in [-0.2, -0.15) is 10.1 Å². The van der Waals surface area contributed by atoms with Gasteiger partial charge in [-0.15, -0.1) is 22.7 Å². The smallest absolute Gasteiger partial charge is 0.282 e. The second-order valence-electron chi connectivity index (χ2n) is 6.33. The molecule has 0 bridgehead atoms. The Morgan fingerprint density at radius 1 is 1.18 bits per heavy atom. The highest BCUT2D eigenvalue weighted by Gasteiger charge is 2.22. The van der Waals surface area contributed by atoms with Gasteiger partial charge >= 0.3 is 0 Å². The fourth-order valence-corrected chi connectivity index (χ4v) is 5.18. The lowest BCUT2D eigenvalue weighted by atomic mass is 10.2. The standard InChI is InChI=1S/C19H13N5O2S2/c1-9-13-17(26)21-16-14(22-23-24(16)19(13)28-15(9)10(2)25)18-20-12(8-27-18)11-6-4-3-5-7-11/h3-8,23H,1-2H3. The molecule has 28 heavy (non-hydrogen) atoms. The van der Waals surface area contributed by atoms with Gasteiger partial charge in [-0.3, -0.25) is 9.59 Å². The van der Waals surface area contributed by atoms with Gasteiger partial charge in [0.1, 0.15) is 9.84 Å². The zero-order chi connectivity index (χ0) is 19.4. The van der Waals surface area contributed by atoms with Crippen molar-refractivity contribution in [2.45, 2.75) is 13.8 Å². The molecule has 0 aliphatic heterocycles. The number of thiophene rings is 1. The summed E-state index contributed by atoms with van der Waals surface area (Å²) in [5.41, 5.74) is 3.08. The van der Waals surface area contributed by atoms with Crippen molar-refractivity contribution in [2.75, 3.05) is 0 Å². The molecular formula is C19H13N5O2S2. The van der Waals surface area contributed by atoms with Crippen LogP contribution in [0.5, 0.6) is 0 Å². The van der Waals surface area contributed by atoms with E-state index in [0.29, 0.717) is 37.0 Å². The molecule has 0 atom stereocenters. The average Bonchev–Trinajstić information content (AvgIpc) is 3.39. The summed E-state index contributed by atoms with van der Waals surface area (Å²) in [5, 5.41) is 10.3. The predicted molar refractivity (Wildman–Crippen MR) is 110 cm³/mol. The van der Waals surface area contributed by atoms with Crippen molar-refractivity contribution >= 4 is 44.3 Å². The van der Waals surface area contributed by atoms with Crippen LogP contribution in [-0.4, -0.2) is 30.6 Å². The lowest BCUT2D eigenvalue weighted by molar-refractivity contribution is 0.102. The van der Waals surface area contributed by atoms with Crippen LogP contribution in [0.2, 0.25) is 0 Å². The number of thiazole rings is 1. The highest BCUT2D eigenvalue weighted by atomic mass is 32.1. The van der Waals surface area contributed by atoms with E-state index in [2.05, 4.69) is 20.3 Å². The van der Waals surface area contributed by atoms with Gasteiger partial charge in [-0.1, -0.05) is 30.3 Å². The molecule has 0 amide bonds. The Kier molecular flexibility index (Phi) is 3.74. The summed E-state index contributed by atoms with van der Waals surface area (Å²) in [6.07, 6.45) is 0. The number of aryl methyl sites for hydroxylation is 1. The molecule has 4 heterocycles. The molecule has 0 spiro atoms. The zero-order valence-corrected chi connectivity index (χ0v) is 16.5. The number of fused-ring (bicyclic) bond motifs is 3. The Morgan fingerprint density at radius 3 is 2.71 bits per heavy atom. The van der Waals surface area contributed by atoms with Crippen LogP contribution >= 0.6 is 22.7 Å². The first kappa shape index (κ1) is 17.0. The van der Waals surface area contributed by atoms with Crippen molar-refractivity contribution in [3.05, 3.63) is 56.5 Å². The van der Waals surface area contributed by atoms with Gasteiger partial charge in [-0.05, 0) is 19.4 Å². The Labute approximate surface area is 166 Å². The van der Waals surface area contributed by atoms with Crippen molar-refractivity contribution in [3.8, 4) is 22.0 Å². The zero-order valence-electron chi connectivity index (χ0n) is 14.9. The summed E-state index contributed by atoms with van der Waals surface area (Å²) >= 11 is 2.71. The third-order valence-corrected chi connectivity index (χ3v) is 6.76. The van der Waals surface area contributed by atoms with E-state index >= 15 is 0 Å². The van der Waals surface area contributed by atoms with Crippen LogP contribution in [0.3, 0.4) is 0 Å². The number of nitrogens with one attached hydrogen (secondary N) is 1. The third-order valence-electron chi connectivity index (χ3n) is 4.53. The fraction of sp³-hybridized carbons (Fsp3) is 0.105. The topological polar surface area (TPSA) is 93.0 Å². The first-order chi connectivity index (χ1) is 13.5. The summed E-state index contributed by atoms with van der Waals surface area (Å²) in [5.74, 6) is -0.0704. The van der Waals surface area contributed by atoms with Crippen molar-refractivity contribution in [1.82, 2.24) is 24.8 Å². The number of H-pyrrole nitrogens is 1.